The zero-order chi connectivity index (χ0) is 19.1. The van der Waals surface area contributed by atoms with E-state index in [0.717, 1.165) is 23.9 Å². The Bertz CT molecular complexity index is 791. The summed E-state index contributed by atoms with van der Waals surface area (Å²) in [6.07, 6.45) is -1.000. The number of amides is 1. The van der Waals surface area contributed by atoms with Gasteiger partial charge in [-0.15, -0.1) is 11.8 Å². The minimum absolute atomic E-state index is 0.0152. The van der Waals surface area contributed by atoms with Crippen molar-refractivity contribution in [3.63, 3.8) is 0 Å². The van der Waals surface area contributed by atoms with Gasteiger partial charge in [0.2, 0.25) is 11.7 Å². The molecule has 7 nitrogen and oxygen atoms in total. The molecular formula is C17H17FN2O5S. The van der Waals surface area contributed by atoms with Gasteiger partial charge in [-0.25, -0.2) is 4.39 Å². The van der Waals surface area contributed by atoms with E-state index in [1.807, 2.05) is 0 Å². The third-order valence-corrected chi connectivity index (χ3v) is 4.06. The van der Waals surface area contributed by atoms with E-state index in [1.54, 1.807) is 13.0 Å². The van der Waals surface area contributed by atoms with E-state index >= 15 is 0 Å². The Morgan fingerprint density at radius 1 is 1.27 bits per heavy atom. The number of hydrogen-bond acceptors (Lipinski definition) is 7. The van der Waals surface area contributed by atoms with E-state index in [4.69, 9.17) is 9.26 Å². The van der Waals surface area contributed by atoms with E-state index in [9.17, 15) is 18.8 Å². The highest BCUT2D eigenvalue weighted by Gasteiger charge is 2.19. The normalized spacial score (nSPS) is 11.7. The number of thioether (sulfide) groups is 1. The molecule has 0 aliphatic heterocycles. The van der Waals surface area contributed by atoms with Crippen molar-refractivity contribution in [2.45, 2.75) is 20.0 Å². The van der Waals surface area contributed by atoms with E-state index < -0.39 is 23.7 Å². The van der Waals surface area contributed by atoms with Crippen molar-refractivity contribution < 1.29 is 28.0 Å². The van der Waals surface area contributed by atoms with Crippen molar-refractivity contribution in [3.8, 4) is 0 Å². The summed E-state index contributed by atoms with van der Waals surface area (Å²) in [5.74, 6) is -1.06. The molecule has 0 bridgehead atoms. The van der Waals surface area contributed by atoms with Crippen molar-refractivity contribution in [3.05, 3.63) is 47.5 Å². The van der Waals surface area contributed by atoms with Gasteiger partial charge in [-0.1, -0.05) is 5.16 Å². The SMILES string of the molecule is Cc1cc(NC(=O)CSCC(=O)O[C@H](C)C(=O)c2ccc(F)cc2)no1. The number of hydrogen-bond donors (Lipinski definition) is 1. The van der Waals surface area contributed by atoms with Crippen LogP contribution in [0.25, 0.3) is 0 Å². The number of halogens is 1. The number of esters is 1. The van der Waals surface area contributed by atoms with Gasteiger partial charge in [0.15, 0.2) is 11.9 Å². The standard InChI is InChI=1S/C17H17FN2O5S/c1-10-7-14(20-25-10)19-15(21)8-26-9-16(22)24-11(2)17(23)12-3-5-13(18)6-4-12/h3-7,11H,8-9H2,1-2H3,(H,19,20,21)/t11-/m1/s1. The van der Waals surface area contributed by atoms with Gasteiger partial charge in [-0.3, -0.25) is 14.4 Å². The van der Waals surface area contributed by atoms with Crippen LogP contribution in [0, 0.1) is 12.7 Å². The first-order valence-electron chi connectivity index (χ1n) is 7.65. The number of nitrogens with zero attached hydrogens (tertiary/aromatic N) is 1. The second-order valence-electron chi connectivity index (χ2n) is 5.37. The number of ether oxygens (including phenoxy) is 1. The Kier molecular flexibility index (Phi) is 6.90. The Morgan fingerprint density at radius 2 is 1.96 bits per heavy atom. The van der Waals surface area contributed by atoms with Gasteiger partial charge in [0.1, 0.15) is 11.6 Å². The number of nitrogens with one attached hydrogen (secondary N) is 1. The minimum atomic E-state index is -1.000. The fraction of sp³-hybridized carbons (Fsp3) is 0.294. The third kappa shape index (κ3) is 5.99. The summed E-state index contributed by atoms with van der Waals surface area (Å²) in [5, 5.41) is 6.14. The summed E-state index contributed by atoms with van der Waals surface area (Å²) >= 11 is 1.04. The zero-order valence-electron chi connectivity index (χ0n) is 14.2. The molecule has 1 heterocycles. The molecule has 0 aliphatic rings. The third-order valence-electron chi connectivity index (χ3n) is 3.15. The highest BCUT2D eigenvalue weighted by Crippen LogP contribution is 2.11. The van der Waals surface area contributed by atoms with Crippen LogP contribution in [0.4, 0.5) is 10.2 Å². The Labute approximate surface area is 153 Å². The first kappa shape index (κ1) is 19.6. The molecule has 1 N–H and O–H groups in total. The number of aryl methyl sites for hydroxylation is 1. The number of anilines is 1. The molecule has 0 aliphatic carbocycles. The fourth-order valence-corrected chi connectivity index (χ4v) is 2.56. The predicted octanol–water partition coefficient (Wildman–Crippen LogP) is 2.61. The van der Waals surface area contributed by atoms with Crippen LogP contribution in [-0.2, 0) is 14.3 Å². The molecule has 1 amide bonds. The maximum Gasteiger partial charge on any atom is 0.316 e. The largest absolute Gasteiger partial charge is 0.454 e. The van der Waals surface area contributed by atoms with Crippen LogP contribution in [0.5, 0.6) is 0 Å². The number of aromatic nitrogens is 1. The lowest BCUT2D eigenvalue weighted by atomic mass is 10.1. The van der Waals surface area contributed by atoms with Crippen LogP contribution in [-0.4, -0.2) is 40.4 Å². The second kappa shape index (κ2) is 9.14. The summed E-state index contributed by atoms with van der Waals surface area (Å²) < 4.78 is 22.7. The van der Waals surface area contributed by atoms with Gasteiger partial charge in [-0.05, 0) is 38.1 Å². The maximum atomic E-state index is 12.9. The summed E-state index contributed by atoms with van der Waals surface area (Å²) in [6, 6.07) is 6.54. The fourth-order valence-electron chi connectivity index (χ4n) is 1.96. The molecular weight excluding hydrogens is 363 g/mol. The highest BCUT2D eigenvalue weighted by molar-refractivity contribution is 8.00. The average Bonchev–Trinajstić information content (AvgIpc) is 2.99. The second-order valence-corrected chi connectivity index (χ2v) is 6.35. The molecule has 0 unspecified atom stereocenters. The lowest BCUT2D eigenvalue weighted by Crippen LogP contribution is -2.25. The maximum absolute atomic E-state index is 12.9. The van der Waals surface area contributed by atoms with Crippen LogP contribution in [0.1, 0.15) is 23.0 Å². The number of rotatable bonds is 8. The molecule has 0 fully saturated rings. The topological polar surface area (TPSA) is 98.5 Å². The minimum Gasteiger partial charge on any atom is -0.454 e. The Morgan fingerprint density at radius 3 is 2.58 bits per heavy atom. The summed E-state index contributed by atoms with van der Waals surface area (Å²) in [4.78, 5) is 35.6. The Hall–Kier alpha value is -2.68. The van der Waals surface area contributed by atoms with Gasteiger partial charge >= 0.3 is 5.97 Å². The van der Waals surface area contributed by atoms with E-state index in [0.29, 0.717) is 11.6 Å². The van der Waals surface area contributed by atoms with Crippen molar-refractivity contribution in [1.82, 2.24) is 5.16 Å². The number of carbonyl (C=O) groups excluding carboxylic acids is 3. The van der Waals surface area contributed by atoms with Crippen LogP contribution in [0.2, 0.25) is 0 Å². The molecule has 0 saturated heterocycles. The molecule has 26 heavy (non-hydrogen) atoms. The molecule has 138 valence electrons. The summed E-state index contributed by atoms with van der Waals surface area (Å²) in [7, 11) is 0. The number of benzene rings is 1. The molecule has 2 rings (SSSR count). The van der Waals surface area contributed by atoms with Gasteiger partial charge in [0.05, 0.1) is 11.5 Å². The van der Waals surface area contributed by atoms with E-state index in [1.165, 1.54) is 19.1 Å². The molecule has 9 heteroatoms. The lowest BCUT2D eigenvalue weighted by Gasteiger charge is -2.12. The van der Waals surface area contributed by atoms with Gasteiger partial charge < -0.3 is 14.6 Å². The van der Waals surface area contributed by atoms with Crippen molar-refractivity contribution >= 4 is 35.2 Å². The van der Waals surface area contributed by atoms with Gasteiger partial charge in [0, 0.05) is 11.6 Å². The monoisotopic (exact) mass is 380 g/mol. The van der Waals surface area contributed by atoms with Crippen LogP contribution in [0.3, 0.4) is 0 Å². The number of ketones is 1. The number of carbonyl (C=O) groups is 3. The van der Waals surface area contributed by atoms with Crippen LogP contribution < -0.4 is 5.32 Å². The van der Waals surface area contributed by atoms with Gasteiger partial charge in [0.25, 0.3) is 0 Å². The van der Waals surface area contributed by atoms with Gasteiger partial charge in [-0.2, -0.15) is 0 Å². The smallest absolute Gasteiger partial charge is 0.316 e. The highest BCUT2D eigenvalue weighted by atomic mass is 32.2. The van der Waals surface area contributed by atoms with Crippen molar-refractivity contribution in [2.24, 2.45) is 0 Å². The molecule has 1 atom stereocenters. The summed E-state index contributed by atoms with van der Waals surface area (Å²) in [5.41, 5.74) is 0.252. The molecule has 1 aromatic carbocycles. The van der Waals surface area contributed by atoms with Crippen LogP contribution in [0.15, 0.2) is 34.9 Å². The average molecular weight is 380 g/mol. The quantitative estimate of drug-likeness (QED) is 0.555. The summed E-state index contributed by atoms with van der Waals surface area (Å²) in [6.45, 7) is 3.13. The molecule has 0 saturated carbocycles. The van der Waals surface area contributed by atoms with Crippen molar-refractivity contribution in [1.29, 1.82) is 0 Å². The Balaban J connectivity index is 1.71. The molecule has 2 aromatic rings. The lowest BCUT2D eigenvalue weighted by molar-refractivity contribution is -0.143. The van der Waals surface area contributed by atoms with Crippen molar-refractivity contribution in [2.75, 3.05) is 16.8 Å². The predicted molar refractivity (Wildman–Crippen MR) is 93.5 cm³/mol. The van der Waals surface area contributed by atoms with E-state index in [-0.39, 0.29) is 23.0 Å². The zero-order valence-corrected chi connectivity index (χ0v) is 15.0. The molecule has 0 spiro atoms. The first-order chi connectivity index (χ1) is 12.3. The van der Waals surface area contributed by atoms with E-state index in [2.05, 4.69) is 10.5 Å². The van der Waals surface area contributed by atoms with Crippen LogP contribution >= 0.6 is 11.8 Å². The first-order valence-corrected chi connectivity index (χ1v) is 8.81. The molecule has 0 radical (unpaired) electrons. The molecule has 1 aromatic heterocycles. The number of Topliss-reactive ketones (excluding diaryl/α,β-unsaturated/α-hetero) is 1.